The SMILES string of the molecule is CC(C)(C)Oc1c(OC2CC2)ccnc1C(C)(C)C. The Labute approximate surface area is 116 Å². The second-order valence-electron chi connectivity index (χ2n) is 7.27. The highest BCUT2D eigenvalue weighted by Gasteiger charge is 2.30. The zero-order valence-electron chi connectivity index (χ0n) is 12.9. The van der Waals surface area contributed by atoms with E-state index >= 15 is 0 Å². The van der Waals surface area contributed by atoms with Crippen molar-refractivity contribution in [2.75, 3.05) is 0 Å². The predicted octanol–water partition coefficient (Wildman–Crippen LogP) is 4.10. The van der Waals surface area contributed by atoms with Crippen LogP contribution in [0.4, 0.5) is 0 Å². The van der Waals surface area contributed by atoms with Gasteiger partial charge in [0.15, 0.2) is 11.5 Å². The molecule has 19 heavy (non-hydrogen) atoms. The molecule has 1 aromatic rings. The number of hydrogen-bond donors (Lipinski definition) is 0. The molecule has 3 nitrogen and oxygen atoms in total. The Morgan fingerprint density at radius 1 is 1.11 bits per heavy atom. The molecule has 106 valence electrons. The summed E-state index contributed by atoms with van der Waals surface area (Å²) in [6.45, 7) is 12.6. The molecular weight excluding hydrogens is 238 g/mol. The van der Waals surface area contributed by atoms with Crippen LogP contribution in [0.25, 0.3) is 0 Å². The molecule has 1 aliphatic carbocycles. The number of ether oxygens (including phenoxy) is 2. The molecule has 0 radical (unpaired) electrons. The van der Waals surface area contributed by atoms with E-state index in [0.29, 0.717) is 6.10 Å². The molecule has 3 heteroatoms. The number of aromatic nitrogens is 1. The fraction of sp³-hybridized carbons (Fsp3) is 0.688. The summed E-state index contributed by atoms with van der Waals surface area (Å²) in [7, 11) is 0. The van der Waals surface area contributed by atoms with Gasteiger partial charge in [-0.15, -0.1) is 0 Å². The molecule has 0 aromatic carbocycles. The average molecular weight is 263 g/mol. The lowest BCUT2D eigenvalue weighted by Crippen LogP contribution is -2.26. The fourth-order valence-corrected chi connectivity index (χ4v) is 1.83. The highest BCUT2D eigenvalue weighted by atomic mass is 16.5. The zero-order valence-corrected chi connectivity index (χ0v) is 12.9. The lowest BCUT2D eigenvalue weighted by molar-refractivity contribution is 0.118. The summed E-state index contributed by atoms with van der Waals surface area (Å²) in [5, 5.41) is 0. The molecular formula is C16H25NO2. The minimum Gasteiger partial charge on any atom is -0.486 e. The topological polar surface area (TPSA) is 31.4 Å². The van der Waals surface area contributed by atoms with E-state index in [1.54, 1.807) is 0 Å². The van der Waals surface area contributed by atoms with Crippen LogP contribution < -0.4 is 9.47 Å². The summed E-state index contributed by atoms with van der Waals surface area (Å²) < 4.78 is 12.1. The molecule has 2 rings (SSSR count). The first-order chi connectivity index (χ1) is 8.67. The molecule has 0 aliphatic heterocycles. The van der Waals surface area contributed by atoms with Gasteiger partial charge in [-0.25, -0.2) is 0 Å². The van der Waals surface area contributed by atoms with Crippen LogP contribution >= 0.6 is 0 Å². The van der Waals surface area contributed by atoms with Crippen LogP contribution in [0.2, 0.25) is 0 Å². The van der Waals surface area contributed by atoms with Gasteiger partial charge in [-0.1, -0.05) is 20.8 Å². The highest BCUT2D eigenvalue weighted by Crippen LogP contribution is 2.41. The molecule has 0 N–H and O–H groups in total. The maximum Gasteiger partial charge on any atom is 0.183 e. The lowest BCUT2D eigenvalue weighted by atomic mass is 9.90. The predicted molar refractivity (Wildman–Crippen MR) is 77.0 cm³/mol. The van der Waals surface area contributed by atoms with Crippen molar-refractivity contribution < 1.29 is 9.47 Å². The van der Waals surface area contributed by atoms with Crippen LogP contribution in [-0.2, 0) is 5.41 Å². The van der Waals surface area contributed by atoms with E-state index in [1.165, 1.54) is 0 Å². The quantitative estimate of drug-likeness (QED) is 0.822. The minimum absolute atomic E-state index is 0.0660. The van der Waals surface area contributed by atoms with E-state index in [-0.39, 0.29) is 11.0 Å². The van der Waals surface area contributed by atoms with Crippen LogP contribution in [0.3, 0.4) is 0 Å². The summed E-state index contributed by atoms with van der Waals surface area (Å²) in [5.74, 6) is 1.63. The third-order valence-corrected chi connectivity index (χ3v) is 2.81. The van der Waals surface area contributed by atoms with Crippen LogP contribution in [0, 0.1) is 0 Å². The Bertz CT molecular complexity index is 451. The Morgan fingerprint density at radius 3 is 2.21 bits per heavy atom. The third-order valence-electron chi connectivity index (χ3n) is 2.81. The van der Waals surface area contributed by atoms with Crippen molar-refractivity contribution in [1.29, 1.82) is 0 Å². The van der Waals surface area contributed by atoms with Crippen LogP contribution in [0.15, 0.2) is 12.3 Å². The largest absolute Gasteiger partial charge is 0.486 e. The van der Waals surface area contributed by atoms with Gasteiger partial charge >= 0.3 is 0 Å². The van der Waals surface area contributed by atoms with Gasteiger partial charge in [-0.3, -0.25) is 4.98 Å². The molecule has 0 saturated heterocycles. The van der Waals surface area contributed by atoms with E-state index in [0.717, 1.165) is 30.0 Å². The Morgan fingerprint density at radius 2 is 1.74 bits per heavy atom. The monoisotopic (exact) mass is 263 g/mol. The first-order valence-corrected chi connectivity index (χ1v) is 7.02. The molecule has 1 saturated carbocycles. The van der Waals surface area contributed by atoms with E-state index < -0.39 is 0 Å². The third kappa shape index (κ3) is 3.85. The average Bonchev–Trinajstić information content (AvgIpc) is 3.00. The van der Waals surface area contributed by atoms with E-state index in [9.17, 15) is 0 Å². The van der Waals surface area contributed by atoms with Crippen molar-refractivity contribution in [2.45, 2.75) is 71.5 Å². The van der Waals surface area contributed by atoms with E-state index in [4.69, 9.17) is 9.47 Å². The van der Waals surface area contributed by atoms with Crippen LogP contribution in [-0.4, -0.2) is 16.7 Å². The smallest absolute Gasteiger partial charge is 0.183 e. The molecule has 0 bridgehead atoms. The Hall–Kier alpha value is -1.25. The van der Waals surface area contributed by atoms with Gasteiger partial charge in [0.25, 0.3) is 0 Å². The van der Waals surface area contributed by atoms with Gasteiger partial charge in [0.05, 0.1) is 11.8 Å². The summed E-state index contributed by atoms with van der Waals surface area (Å²) in [6.07, 6.45) is 4.45. The Kier molecular flexibility index (Phi) is 3.50. The van der Waals surface area contributed by atoms with Gasteiger partial charge in [0.2, 0.25) is 0 Å². The van der Waals surface area contributed by atoms with Gasteiger partial charge < -0.3 is 9.47 Å². The number of nitrogens with zero attached hydrogens (tertiary/aromatic N) is 1. The molecule has 1 aliphatic rings. The van der Waals surface area contributed by atoms with Crippen molar-refractivity contribution in [3.63, 3.8) is 0 Å². The van der Waals surface area contributed by atoms with Gasteiger partial charge in [0.1, 0.15) is 5.60 Å². The first-order valence-electron chi connectivity index (χ1n) is 7.02. The van der Waals surface area contributed by atoms with Gasteiger partial charge in [-0.2, -0.15) is 0 Å². The molecule has 0 unspecified atom stereocenters. The van der Waals surface area contributed by atoms with E-state index in [1.807, 2.05) is 33.0 Å². The van der Waals surface area contributed by atoms with Crippen molar-refractivity contribution in [1.82, 2.24) is 4.98 Å². The molecule has 0 amide bonds. The second-order valence-corrected chi connectivity index (χ2v) is 7.27. The lowest BCUT2D eigenvalue weighted by Gasteiger charge is -2.28. The summed E-state index contributed by atoms with van der Waals surface area (Å²) >= 11 is 0. The number of pyridine rings is 1. The molecule has 0 atom stereocenters. The van der Waals surface area contributed by atoms with Gasteiger partial charge in [0, 0.05) is 17.7 Å². The molecule has 1 heterocycles. The van der Waals surface area contributed by atoms with Crippen molar-refractivity contribution >= 4 is 0 Å². The fourth-order valence-electron chi connectivity index (χ4n) is 1.83. The summed E-state index contributed by atoms with van der Waals surface area (Å²) in [5.41, 5.74) is 0.634. The summed E-state index contributed by atoms with van der Waals surface area (Å²) in [6, 6.07) is 1.91. The number of rotatable bonds is 3. The number of hydrogen-bond acceptors (Lipinski definition) is 3. The normalized spacial score (nSPS) is 16.3. The van der Waals surface area contributed by atoms with Crippen LogP contribution in [0.5, 0.6) is 11.5 Å². The minimum atomic E-state index is -0.259. The summed E-state index contributed by atoms with van der Waals surface area (Å²) in [4.78, 5) is 4.52. The maximum absolute atomic E-state index is 6.13. The van der Waals surface area contributed by atoms with E-state index in [2.05, 4.69) is 25.8 Å². The van der Waals surface area contributed by atoms with Gasteiger partial charge in [-0.05, 0) is 33.6 Å². The Balaban J connectivity index is 2.41. The van der Waals surface area contributed by atoms with Crippen molar-refractivity contribution in [3.8, 4) is 11.5 Å². The second kappa shape index (κ2) is 4.69. The first kappa shape index (κ1) is 14.2. The molecule has 1 fully saturated rings. The van der Waals surface area contributed by atoms with Crippen LogP contribution in [0.1, 0.15) is 60.1 Å². The maximum atomic E-state index is 6.13. The van der Waals surface area contributed by atoms with Crippen molar-refractivity contribution in [2.24, 2.45) is 0 Å². The highest BCUT2D eigenvalue weighted by molar-refractivity contribution is 5.46. The standard InChI is InChI=1S/C16H25NO2/c1-15(2,3)14-13(19-16(4,5)6)12(9-10-17-14)18-11-7-8-11/h9-11H,7-8H2,1-6H3. The molecule has 1 aromatic heterocycles. The van der Waals surface area contributed by atoms with Crippen molar-refractivity contribution in [3.05, 3.63) is 18.0 Å². The molecule has 0 spiro atoms. The zero-order chi connectivity index (χ0) is 14.3.